The van der Waals surface area contributed by atoms with E-state index in [-0.39, 0.29) is 0 Å². The van der Waals surface area contributed by atoms with Crippen LogP contribution in [0, 0.1) is 18.1 Å². The molecular weight excluding hydrogens is 150 g/mol. The topological polar surface area (TPSA) is 21.6 Å². The van der Waals surface area contributed by atoms with E-state index in [1.54, 1.807) is 6.07 Å². The molecule has 0 saturated carbocycles. The van der Waals surface area contributed by atoms with Crippen LogP contribution >= 0.6 is 0 Å². The molecule has 1 unspecified atom stereocenters. The molecule has 1 aliphatic heterocycles. The largest absolute Gasteiger partial charge is 0.356 e. The third-order valence-corrected chi connectivity index (χ3v) is 1.83. The maximum Gasteiger partial charge on any atom is 0.170 e. The molecule has 12 heavy (non-hydrogen) atoms. The Bertz CT molecular complexity index is 306. The second-order valence-corrected chi connectivity index (χ2v) is 2.97. The Morgan fingerprint density at radius 3 is 3.50 bits per heavy atom. The van der Waals surface area contributed by atoms with Crippen LogP contribution in [0.15, 0.2) is 17.3 Å². The Morgan fingerprint density at radius 2 is 2.58 bits per heavy atom. The Labute approximate surface area is 71.8 Å². The lowest BCUT2D eigenvalue weighted by atomic mass is 10.0. The Kier molecular flexibility index (Phi) is 1.71. The van der Waals surface area contributed by atoms with Gasteiger partial charge in [-0.15, -0.1) is 0 Å². The van der Waals surface area contributed by atoms with E-state index in [9.17, 15) is 0 Å². The van der Waals surface area contributed by atoms with E-state index in [2.05, 4.69) is 24.2 Å². The minimum atomic E-state index is 0.415. The van der Waals surface area contributed by atoms with Crippen LogP contribution in [0.3, 0.4) is 0 Å². The van der Waals surface area contributed by atoms with Crippen molar-refractivity contribution in [1.29, 1.82) is 0 Å². The predicted molar refractivity (Wildman–Crippen MR) is 46.1 cm³/mol. The van der Waals surface area contributed by atoms with Gasteiger partial charge in [0, 0.05) is 11.8 Å². The van der Waals surface area contributed by atoms with Gasteiger partial charge in [-0.3, -0.25) is 0 Å². The van der Waals surface area contributed by atoms with Crippen molar-refractivity contribution in [1.82, 2.24) is 0 Å². The lowest BCUT2D eigenvalue weighted by molar-refractivity contribution is 0.343. The Hall–Kier alpha value is -1.49. The summed E-state index contributed by atoms with van der Waals surface area (Å²) in [5, 5.41) is 3.83. The smallest absolute Gasteiger partial charge is 0.170 e. The van der Waals surface area contributed by atoms with Crippen LogP contribution in [0.4, 0.5) is 0 Å². The first kappa shape index (κ1) is 7.17. The van der Waals surface area contributed by atoms with E-state index in [1.807, 2.05) is 12.3 Å². The molecule has 2 nitrogen and oxygen atoms in total. The van der Waals surface area contributed by atoms with Crippen molar-refractivity contribution >= 4 is 6.21 Å². The van der Waals surface area contributed by atoms with Gasteiger partial charge in [-0.1, -0.05) is 24.2 Å². The summed E-state index contributed by atoms with van der Waals surface area (Å²) in [7, 11) is 0. The number of hydrogen-bond donors (Lipinski definition) is 0. The molecule has 0 aliphatic carbocycles. The van der Waals surface area contributed by atoms with Crippen molar-refractivity contribution in [3.63, 3.8) is 0 Å². The van der Waals surface area contributed by atoms with Gasteiger partial charge in [-0.25, -0.2) is 0 Å². The molecule has 1 heterocycles. The Balaban J connectivity index is 2.38. The first-order chi connectivity index (χ1) is 5.86. The molecule has 2 heteroatoms. The minimum Gasteiger partial charge on any atom is -0.356 e. The highest BCUT2D eigenvalue weighted by atomic mass is 16.6. The normalized spacial score (nSPS) is 20.2. The highest BCUT2D eigenvalue weighted by Gasteiger charge is 2.10. The van der Waals surface area contributed by atoms with Crippen molar-refractivity contribution in [2.45, 2.75) is 13.3 Å². The van der Waals surface area contributed by atoms with Crippen molar-refractivity contribution in [3.05, 3.63) is 29.8 Å². The highest BCUT2D eigenvalue weighted by molar-refractivity contribution is 5.61. The van der Waals surface area contributed by atoms with Crippen LogP contribution in [0.25, 0.3) is 0 Å². The van der Waals surface area contributed by atoms with Gasteiger partial charge in [0.2, 0.25) is 0 Å². The fourth-order valence-corrected chi connectivity index (χ4v) is 1.21. The maximum absolute atomic E-state index is 5.14. The molecule has 0 aromatic heterocycles. The van der Waals surface area contributed by atoms with Crippen LogP contribution in [-0.4, -0.2) is 6.21 Å². The van der Waals surface area contributed by atoms with Crippen LogP contribution in [0.1, 0.15) is 12.5 Å². The Morgan fingerprint density at radius 1 is 1.67 bits per heavy atom. The summed E-state index contributed by atoms with van der Waals surface area (Å²) in [4.78, 5) is 5.14. The summed E-state index contributed by atoms with van der Waals surface area (Å²) >= 11 is 0. The molecule has 1 aromatic rings. The average Bonchev–Trinajstić information content (AvgIpc) is 2.25. The fraction of sp³-hybridized carbons (Fsp3) is 0.300. The summed E-state index contributed by atoms with van der Waals surface area (Å²) in [6.45, 7) is 2.10. The van der Waals surface area contributed by atoms with Crippen molar-refractivity contribution in [3.8, 4) is 5.75 Å². The summed E-state index contributed by atoms with van der Waals surface area (Å²) in [6.07, 6.45) is 2.74. The van der Waals surface area contributed by atoms with E-state index < -0.39 is 0 Å². The minimum absolute atomic E-state index is 0.415. The molecule has 1 aromatic carbocycles. The molecule has 0 N–H and O–H groups in total. The standard InChI is InChI=1S/C10H9NO/c1-8-6-9-4-2-3-5-10(9)12-11-7-8/h3,5,7-8H,6H2,1H3. The first-order valence-corrected chi connectivity index (χ1v) is 3.98. The second kappa shape index (κ2) is 2.86. The molecule has 0 fully saturated rings. The van der Waals surface area contributed by atoms with E-state index >= 15 is 0 Å². The molecule has 0 bridgehead atoms. The van der Waals surface area contributed by atoms with Gasteiger partial charge in [0.05, 0.1) is 0 Å². The summed E-state index contributed by atoms with van der Waals surface area (Å²) < 4.78 is 0. The first-order valence-electron chi connectivity index (χ1n) is 3.98. The van der Waals surface area contributed by atoms with Gasteiger partial charge in [-0.2, -0.15) is 0 Å². The third kappa shape index (κ3) is 1.26. The molecule has 60 valence electrons. The van der Waals surface area contributed by atoms with Gasteiger partial charge in [0.25, 0.3) is 0 Å². The lowest BCUT2D eigenvalue weighted by Gasteiger charge is -2.00. The van der Waals surface area contributed by atoms with E-state index in [1.165, 1.54) is 0 Å². The zero-order valence-corrected chi connectivity index (χ0v) is 6.87. The monoisotopic (exact) mass is 159 g/mol. The molecule has 0 spiro atoms. The summed E-state index contributed by atoms with van der Waals surface area (Å²) in [6, 6.07) is 9.58. The molecule has 0 radical (unpaired) electrons. The molecule has 1 atom stereocenters. The molecule has 1 aliphatic rings. The van der Waals surface area contributed by atoms with E-state index in [0.29, 0.717) is 5.92 Å². The summed E-state index contributed by atoms with van der Waals surface area (Å²) in [5.74, 6) is 1.22. The van der Waals surface area contributed by atoms with Gasteiger partial charge >= 0.3 is 0 Å². The summed E-state index contributed by atoms with van der Waals surface area (Å²) in [5.41, 5.74) is 1.06. The second-order valence-electron chi connectivity index (χ2n) is 2.97. The molecule has 0 saturated heterocycles. The molecular formula is C10H9NO. The SMILES string of the molecule is CC1C=NOc2ccc#cc2C1. The number of hydrogen-bond acceptors (Lipinski definition) is 2. The quantitative estimate of drug-likeness (QED) is 0.566. The van der Waals surface area contributed by atoms with Gasteiger partial charge in [0.15, 0.2) is 5.75 Å². The number of oxime groups is 1. The highest BCUT2D eigenvalue weighted by Crippen LogP contribution is 2.20. The van der Waals surface area contributed by atoms with Crippen LogP contribution in [0.2, 0.25) is 0 Å². The molecule has 0 amide bonds. The van der Waals surface area contributed by atoms with Crippen molar-refractivity contribution < 1.29 is 4.84 Å². The van der Waals surface area contributed by atoms with E-state index in [4.69, 9.17) is 4.84 Å². The number of rotatable bonds is 0. The fourth-order valence-electron chi connectivity index (χ4n) is 1.21. The average molecular weight is 159 g/mol. The third-order valence-electron chi connectivity index (χ3n) is 1.83. The van der Waals surface area contributed by atoms with E-state index in [0.717, 1.165) is 17.7 Å². The van der Waals surface area contributed by atoms with Gasteiger partial charge in [-0.05, 0) is 24.5 Å². The van der Waals surface area contributed by atoms with Crippen LogP contribution in [0.5, 0.6) is 5.75 Å². The predicted octanol–water partition coefficient (Wildman–Crippen LogP) is 1.84. The number of nitrogens with zero attached hydrogens (tertiary/aromatic N) is 1. The van der Waals surface area contributed by atoms with Crippen LogP contribution in [-0.2, 0) is 6.42 Å². The maximum atomic E-state index is 5.14. The van der Waals surface area contributed by atoms with Crippen LogP contribution < -0.4 is 4.84 Å². The van der Waals surface area contributed by atoms with Gasteiger partial charge in [0.1, 0.15) is 0 Å². The number of fused-ring (bicyclic) bond motifs is 1. The van der Waals surface area contributed by atoms with Crippen molar-refractivity contribution in [2.24, 2.45) is 11.1 Å². The van der Waals surface area contributed by atoms with Crippen molar-refractivity contribution in [2.75, 3.05) is 0 Å². The van der Waals surface area contributed by atoms with Gasteiger partial charge < -0.3 is 4.84 Å². The zero-order valence-electron chi connectivity index (χ0n) is 6.87. The molecule has 2 rings (SSSR count). The zero-order chi connectivity index (χ0) is 8.39. The lowest BCUT2D eigenvalue weighted by Crippen LogP contribution is -1.97.